The zero-order valence-electron chi connectivity index (χ0n) is 28.8. The van der Waals surface area contributed by atoms with Gasteiger partial charge in [0.25, 0.3) is 0 Å². The molecule has 3 heterocycles. The molecule has 250 valence electrons. The van der Waals surface area contributed by atoms with Crippen molar-refractivity contribution < 1.29 is 0 Å². The summed E-state index contributed by atoms with van der Waals surface area (Å²) in [5.41, 5.74) is 3.60. The van der Waals surface area contributed by atoms with Crippen molar-refractivity contribution in [3.8, 4) is 0 Å². The molecule has 0 radical (unpaired) electrons. The molecule has 2 aliphatic rings. The van der Waals surface area contributed by atoms with Gasteiger partial charge in [0.15, 0.2) is 8.07 Å². The molecule has 0 N–H and O–H groups in total. The van der Waals surface area contributed by atoms with E-state index in [4.69, 9.17) is 0 Å². The van der Waals surface area contributed by atoms with Gasteiger partial charge in [-0.1, -0.05) is 173 Å². The molecule has 1 spiro atoms. The van der Waals surface area contributed by atoms with Crippen molar-refractivity contribution in [2.24, 2.45) is 0 Å². The molecule has 1 unspecified atom stereocenters. The van der Waals surface area contributed by atoms with Crippen molar-refractivity contribution in [3.05, 3.63) is 194 Å². The van der Waals surface area contributed by atoms with E-state index in [1.807, 2.05) is 23.1 Å². The van der Waals surface area contributed by atoms with Gasteiger partial charge in [0.05, 0.1) is 10.4 Å². The van der Waals surface area contributed by atoms with Crippen LogP contribution in [0.1, 0.15) is 0 Å². The molecule has 0 saturated heterocycles. The van der Waals surface area contributed by atoms with E-state index in [1.165, 1.54) is 62.6 Å². The summed E-state index contributed by atoms with van der Waals surface area (Å²) in [5, 5.41) is 13.3. The normalized spacial score (nSPS) is 15.1. The smallest absolute Gasteiger partial charge is 0.181 e. The monoisotopic (exact) mass is 743 g/mol. The summed E-state index contributed by atoms with van der Waals surface area (Å²) in [4.78, 5) is 5.30. The molecule has 8 aromatic carbocycles. The summed E-state index contributed by atoms with van der Waals surface area (Å²) in [7, 11) is -4.65. The standard InChI is InChI=1S/C48H33NS2Si2/c1-3-16-33(17-4-1)49(38-22-15-21-37-36-20-7-8-23-39(36)51-48(37)38)34-30-31-43-47(32-34)53(44-27-12-9-24-40(44)50-41-25-10-13-28-45(41)53)46-29-14-11-26-42(46)52(43)35-18-5-2-6-19-35/h1-32,52H. The van der Waals surface area contributed by atoms with Gasteiger partial charge < -0.3 is 4.90 Å². The maximum Gasteiger partial charge on any atom is 0.181 e. The summed E-state index contributed by atoms with van der Waals surface area (Å²) in [6, 6.07) is 73.8. The highest BCUT2D eigenvalue weighted by molar-refractivity contribution is 8.00. The van der Waals surface area contributed by atoms with Gasteiger partial charge in [-0.2, -0.15) is 0 Å². The lowest BCUT2D eigenvalue weighted by Crippen LogP contribution is -2.87. The van der Waals surface area contributed by atoms with Gasteiger partial charge in [0.1, 0.15) is 8.80 Å². The first-order valence-corrected chi connectivity index (χ1v) is 23.6. The third kappa shape index (κ3) is 4.61. The number of nitrogens with zero attached hydrogens (tertiary/aromatic N) is 1. The minimum absolute atomic E-state index is 1.17. The third-order valence-electron chi connectivity index (χ3n) is 11.3. The molecule has 0 aliphatic carbocycles. The van der Waals surface area contributed by atoms with Crippen molar-refractivity contribution in [1.82, 2.24) is 0 Å². The highest BCUT2D eigenvalue weighted by Crippen LogP contribution is 2.44. The van der Waals surface area contributed by atoms with Crippen LogP contribution in [0.25, 0.3) is 20.2 Å². The first-order chi connectivity index (χ1) is 26.3. The molecule has 53 heavy (non-hydrogen) atoms. The zero-order valence-corrected chi connectivity index (χ0v) is 32.6. The van der Waals surface area contributed by atoms with Crippen LogP contribution in [-0.2, 0) is 0 Å². The first kappa shape index (κ1) is 31.1. The number of thiophene rings is 1. The zero-order chi connectivity index (χ0) is 34.9. The second-order valence-electron chi connectivity index (χ2n) is 14.0. The minimum atomic E-state index is -2.80. The summed E-state index contributed by atoms with van der Waals surface area (Å²) >= 11 is 3.84. The van der Waals surface area contributed by atoms with Gasteiger partial charge in [-0.15, -0.1) is 11.3 Å². The Kier molecular flexibility index (Phi) is 7.24. The average molecular weight is 744 g/mol. The quantitative estimate of drug-likeness (QED) is 0.169. The van der Waals surface area contributed by atoms with E-state index >= 15 is 0 Å². The Morgan fingerprint density at radius 1 is 0.434 bits per heavy atom. The van der Waals surface area contributed by atoms with Crippen LogP contribution in [-0.4, -0.2) is 16.9 Å². The van der Waals surface area contributed by atoms with Crippen LogP contribution in [0, 0.1) is 0 Å². The number of hydrogen-bond acceptors (Lipinski definition) is 3. The SMILES string of the molecule is c1ccc(N(c2ccc3c(c2)[Si]2(c4ccccc4Sc4ccccc42)c2ccccc2[SiH]3c2ccccc2)c2cccc3c2sc2ccccc23)cc1. The second-order valence-corrected chi connectivity index (χ2v) is 22.5. The highest BCUT2D eigenvalue weighted by atomic mass is 32.2. The Labute approximate surface area is 320 Å². The largest absolute Gasteiger partial charge is 0.309 e. The number of fused-ring (bicyclic) bond motifs is 11. The van der Waals surface area contributed by atoms with Crippen LogP contribution in [0.3, 0.4) is 0 Å². The fourth-order valence-electron chi connectivity index (χ4n) is 9.15. The minimum Gasteiger partial charge on any atom is -0.309 e. The molecular weight excluding hydrogens is 711 g/mol. The van der Waals surface area contributed by atoms with E-state index in [-0.39, 0.29) is 0 Å². The fraction of sp³-hybridized carbons (Fsp3) is 0. The molecule has 1 atom stereocenters. The van der Waals surface area contributed by atoms with Crippen LogP contribution in [0.2, 0.25) is 0 Å². The topological polar surface area (TPSA) is 3.24 Å². The van der Waals surface area contributed by atoms with Crippen LogP contribution < -0.4 is 41.2 Å². The van der Waals surface area contributed by atoms with Crippen molar-refractivity contribution in [1.29, 1.82) is 0 Å². The lowest BCUT2D eigenvalue weighted by Gasteiger charge is -2.46. The van der Waals surface area contributed by atoms with Gasteiger partial charge in [-0.25, -0.2) is 0 Å². The van der Waals surface area contributed by atoms with Crippen LogP contribution in [0.4, 0.5) is 17.1 Å². The molecule has 11 rings (SSSR count). The fourth-order valence-corrected chi connectivity index (χ4v) is 22.8. The molecule has 2 aliphatic heterocycles. The predicted molar refractivity (Wildman–Crippen MR) is 234 cm³/mol. The Morgan fingerprint density at radius 2 is 1.04 bits per heavy atom. The number of rotatable bonds is 4. The molecule has 0 bridgehead atoms. The number of anilines is 3. The van der Waals surface area contributed by atoms with E-state index in [2.05, 4.69) is 199 Å². The van der Waals surface area contributed by atoms with Crippen LogP contribution >= 0.6 is 23.1 Å². The Morgan fingerprint density at radius 3 is 1.81 bits per heavy atom. The summed E-state index contributed by atoms with van der Waals surface area (Å²) in [5.74, 6) is 0. The predicted octanol–water partition coefficient (Wildman–Crippen LogP) is 7.93. The molecule has 0 fully saturated rings. The average Bonchev–Trinajstić information content (AvgIpc) is 3.61. The number of para-hydroxylation sites is 1. The summed E-state index contributed by atoms with van der Waals surface area (Å²) in [6.45, 7) is 0. The van der Waals surface area contributed by atoms with E-state index in [1.54, 1.807) is 20.7 Å². The molecular formula is C48H33NS2Si2. The van der Waals surface area contributed by atoms with Gasteiger partial charge in [0, 0.05) is 36.6 Å². The maximum absolute atomic E-state index is 2.80. The molecule has 1 aromatic heterocycles. The lowest BCUT2D eigenvalue weighted by atomic mass is 10.1. The molecule has 5 heteroatoms. The van der Waals surface area contributed by atoms with Gasteiger partial charge >= 0.3 is 0 Å². The Balaban J connectivity index is 1.26. The van der Waals surface area contributed by atoms with Crippen molar-refractivity contribution >= 4 is 114 Å². The molecule has 1 nitrogen and oxygen atoms in total. The van der Waals surface area contributed by atoms with E-state index in [9.17, 15) is 0 Å². The molecule has 0 amide bonds. The Bertz CT molecular complexity index is 2800. The van der Waals surface area contributed by atoms with Gasteiger partial charge in [0.2, 0.25) is 0 Å². The highest BCUT2D eigenvalue weighted by Gasteiger charge is 2.53. The molecule has 0 saturated carbocycles. The van der Waals surface area contributed by atoms with Crippen LogP contribution in [0.15, 0.2) is 204 Å². The van der Waals surface area contributed by atoms with Crippen molar-refractivity contribution in [3.63, 3.8) is 0 Å². The number of hydrogen-bond donors (Lipinski definition) is 0. The van der Waals surface area contributed by atoms with Gasteiger partial charge in [-0.3, -0.25) is 0 Å². The first-order valence-electron chi connectivity index (χ1n) is 18.2. The maximum atomic E-state index is 2.63. The van der Waals surface area contributed by atoms with E-state index in [0.717, 1.165) is 0 Å². The Hall–Kier alpha value is -5.44. The van der Waals surface area contributed by atoms with E-state index in [0.29, 0.717) is 0 Å². The lowest BCUT2D eigenvalue weighted by molar-refractivity contribution is 1.31. The second kappa shape index (κ2) is 12.3. The third-order valence-corrected chi connectivity index (χ3v) is 22.9. The van der Waals surface area contributed by atoms with E-state index < -0.39 is 16.9 Å². The van der Waals surface area contributed by atoms with Crippen LogP contribution in [0.5, 0.6) is 0 Å². The van der Waals surface area contributed by atoms with Crippen molar-refractivity contribution in [2.75, 3.05) is 4.90 Å². The van der Waals surface area contributed by atoms with Gasteiger partial charge in [-0.05, 0) is 69.3 Å². The number of benzene rings is 8. The van der Waals surface area contributed by atoms with Crippen molar-refractivity contribution in [2.45, 2.75) is 9.79 Å². The summed E-state index contributed by atoms with van der Waals surface area (Å²) < 4.78 is 2.63. The molecule has 9 aromatic rings. The summed E-state index contributed by atoms with van der Waals surface area (Å²) in [6.07, 6.45) is 0.